The summed E-state index contributed by atoms with van der Waals surface area (Å²) in [4.78, 5) is 13.4. The molecule has 14 heavy (non-hydrogen) atoms. The van der Waals surface area contributed by atoms with Crippen LogP contribution in [-0.2, 0) is 9.53 Å². The molecule has 1 aliphatic rings. The Morgan fingerprint density at radius 2 is 2.36 bits per heavy atom. The maximum atomic E-state index is 11.6. The molecule has 0 bridgehead atoms. The maximum absolute atomic E-state index is 11.6. The summed E-state index contributed by atoms with van der Waals surface area (Å²) in [5, 5.41) is 3.17. The number of carbonyl (C=O) groups is 1. The number of nitrogens with one attached hydrogen (secondary N) is 1. The van der Waals surface area contributed by atoms with E-state index in [4.69, 9.17) is 4.74 Å². The molecule has 0 aromatic carbocycles. The van der Waals surface area contributed by atoms with Crippen molar-refractivity contribution < 1.29 is 9.53 Å². The van der Waals surface area contributed by atoms with Gasteiger partial charge in [0.05, 0.1) is 25.4 Å². The van der Waals surface area contributed by atoms with E-state index in [9.17, 15) is 4.79 Å². The molecule has 1 N–H and O–H groups in total. The highest BCUT2D eigenvalue weighted by atomic mass is 16.5. The Balaban J connectivity index is 2.23. The van der Waals surface area contributed by atoms with E-state index >= 15 is 0 Å². The van der Waals surface area contributed by atoms with E-state index in [1.807, 2.05) is 25.7 Å². The molecule has 1 aliphatic heterocycles. The molecule has 4 nitrogen and oxygen atoms in total. The molecule has 0 spiro atoms. The molecule has 1 rings (SSSR count). The Morgan fingerprint density at radius 1 is 1.64 bits per heavy atom. The second-order valence-corrected chi connectivity index (χ2v) is 3.84. The van der Waals surface area contributed by atoms with Gasteiger partial charge in [0.15, 0.2) is 0 Å². The predicted octanol–water partition coefficient (Wildman–Crippen LogP) is 0.579. The van der Waals surface area contributed by atoms with Crippen molar-refractivity contribution >= 4 is 5.91 Å². The lowest BCUT2D eigenvalue weighted by atomic mass is 10.2. The van der Waals surface area contributed by atoms with E-state index in [0.29, 0.717) is 19.8 Å². The number of rotatable bonds is 5. The molecule has 1 amide bonds. The lowest BCUT2D eigenvalue weighted by Crippen LogP contribution is -2.32. The normalized spacial score (nSPS) is 22.4. The van der Waals surface area contributed by atoms with Gasteiger partial charge in [-0.1, -0.05) is 6.92 Å². The van der Waals surface area contributed by atoms with Gasteiger partial charge in [-0.2, -0.15) is 0 Å². The van der Waals surface area contributed by atoms with Crippen molar-refractivity contribution in [3.63, 3.8) is 0 Å². The molecule has 0 aromatic heterocycles. The molecule has 1 fully saturated rings. The van der Waals surface area contributed by atoms with Crippen molar-refractivity contribution in [1.29, 1.82) is 0 Å². The zero-order chi connectivity index (χ0) is 10.6. The summed E-state index contributed by atoms with van der Waals surface area (Å²) >= 11 is 0. The topological polar surface area (TPSA) is 41.6 Å². The lowest BCUT2D eigenvalue weighted by molar-refractivity contribution is -0.129. The van der Waals surface area contributed by atoms with Crippen molar-refractivity contribution in [2.45, 2.75) is 39.3 Å². The van der Waals surface area contributed by atoms with E-state index in [-0.39, 0.29) is 18.1 Å². The highest BCUT2D eigenvalue weighted by molar-refractivity contribution is 5.83. The van der Waals surface area contributed by atoms with Crippen LogP contribution in [0.15, 0.2) is 0 Å². The number of hydrogen-bond acceptors (Lipinski definition) is 3. The van der Waals surface area contributed by atoms with Crippen molar-refractivity contribution in [2.75, 3.05) is 19.8 Å². The SMILES string of the molecule is CCC1NCN(CCOC(C)C)C1=O. The van der Waals surface area contributed by atoms with Gasteiger partial charge in [-0.05, 0) is 20.3 Å². The van der Waals surface area contributed by atoms with E-state index in [1.165, 1.54) is 0 Å². The van der Waals surface area contributed by atoms with Gasteiger partial charge < -0.3 is 9.64 Å². The fourth-order valence-corrected chi connectivity index (χ4v) is 1.51. The average molecular weight is 200 g/mol. The average Bonchev–Trinajstić information content (AvgIpc) is 2.47. The summed E-state index contributed by atoms with van der Waals surface area (Å²) in [7, 11) is 0. The minimum Gasteiger partial charge on any atom is -0.377 e. The van der Waals surface area contributed by atoms with Crippen LogP contribution in [0.25, 0.3) is 0 Å². The van der Waals surface area contributed by atoms with Gasteiger partial charge in [0.1, 0.15) is 0 Å². The molecule has 1 unspecified atom stereocenters. The molecule has 0 aliphatic carbocycles. The van der Waals surface area contributed by atoms with Crippen molar-refractivity contribution in [3.05, 3.63) is 0 Å². The van der Waals surface area contributed by atoms with Gasteiger partial charge in [-0.25, -0.2) is 0 Å². The molecular formula is C10H20N2O2. The number of ether oxygens (including phenoxy) is 1. The van der Waals surface area contributed by atoms with Gasteiger partial charge in [-0.15, -0.1) is 0 Å². The van der Waals surface area contributed by atoms with Gasteiger partial charge in [0.25, 0.3) is 0 Å². The zero-order valence-electron chi connectivity index (χ0n) is 9.25. The third-order valence-corrected chi connectivity index (χ3v) is 2.36. The van der Waals surface area contributed by atoms with Crippen molar-refractivity contribution in [3.8, 4) is 0 Å². The second-order valence-electron chi connectivity index (χ2n) is 3.84. The second kappa shape index (κ2) is 5.32. The first-order chi connectivity index (χ1) is 6.65. The third-order valence-electron chi connectivity index (χ3n) is 2.36. The number of hydrogen-bond donors (Lipinski definition) is 1. The van der Waals surface area contributed by atoms with Crippen molar-refractivity contribution in [2.24, 2.45) is 0 Å². The van der Waals surface area contributed by atoms with Crippen LogP contribution >= 0.6 is 0 Å². The van der Waals surface area contributed by atoms with Crippen LogP contribution in [0.2, 0.25) is 0 Å². The van der Waals surface area contributed by atoms with Crippen LogP contribution in [-0.4, -0.2) is 42.8 Å². The minimum atomic E-state index is 0.0223. The monoisotopic (exact) mass is 200 g/mol. The van der Waals surface area contributed by atoms with Crippen LogP contribution < -0.4 is 5.32 Å². The fourth-order valence-electron chi connectivity index (χ4n) is 1.51. The molecule has 1 atom stereocenters. The summed E-state index contributed by atoms with van der Waals surface area (Å²) in [5.41, 5.74) is 0. The summed E-state index contributed by atoms with van der Waals surface area (Å²) < 4.78 is 5.40. The Hall–Kier alpha value is -0.610. The van der Waals surface area contributed by atoms with E-state index in [1.54, 1.807) is 0 Å². The van der Waals surface area contributed by atoms with E-state index < -0.39 is 0 Å². The minimum absolute atomic E-state index is 0.0223. The highest BCUT2D eigenvalue weighted by Gasteiger charge is 2.28. The Bertz CT molecular complexity index is 195. The summed E-state index contributed by atoms with van der Waals surface area (Å²) in [6.45, 7) is 8.00. The predicted molar refractivity (Wildman–Crippen MR) is 54.9 cm³/mol. The quantitative estimate of drug-likeness (QED) is 0.706. The van der Waals surface area contributed by atoms with Crippen molar-refractivity contribution in [1.82, 2.24) is 10.2 Å². The van der Waals surface area contributed by atoms with Gasteiger partial charge in [0.2, 0.25) is 5.91 Å². The standard InChI is InChI=1S/C10H20N2O2/c1-4-9-10(13)12(7-11-9)5-6-14-8(2)3/h8-9,11H,4-7H2,1-3H3. The highest BCUT2D eigenvalue weighted by Crippen LogP contribution is 2.06. The van der Waals surface area contributed by atoms with E-state index in [2.05, 4.69) is 5.32 Å². The number of nitrogens with zero attached hydrogens (tertiary/aromatic N) is 1. The molecular weight excluding hydrogens is 180 g/mol. The Labute approximate surface area is 85.6 Å². The fraction of sp³-hybridized carbons (Fsp3) is 0.900. The number of carbonyl (C=O) groups excluding carboxylic acids is 1. The Morgan fingerprint density at radius 3 is 2.86 bits per heavy atom. The van der Waals surface area contributed by atoms with Crippen LogP contribution in [0, 0.1) is 0 Å². The first kappa shape index (κ1) is 11.5. The molecule has 1 saturated heterocycles. The van der Waals surface area contributed by atoms with Gasteiger partial charge in [-0.3, -0.25) is 10.1 Å². The molecule has 4 heteroatoms. The van der Waals surface area contributed by atoms with Gasteiger partial charge >= 0.3 is 0 Å². The summed E-state index contributed by atoms with van der Waals surface area (Å²) in [6, 6.07) is 0.0223. The van der Waals surface area contributed by atoms with Gasteiger partial charge in [0, 0.05) is 6.54 Å². The van der Waals surface area contributed by atoms with Crippen LogP contribution in [0.5, 0.6) is 0 Å². The zero-order valence-corrected chi connectivity index (χ0v) is 9.25. The summed E-state index contributed by atoms with van der Waals surface area (Å²) in [5.74, 6) is 0.208. The largest absolute Gasteiger partial charge is 0.377 e. The maximum Gasteiger partial charge on any atom is 0.240 e. The molecule has 82 valence electrons. The van der Waals surface area contributed by atoms with E-state index in [0.717, 1.165) is 6.42 Å². The first-order valence-electron chi connectivity index (χ1n) is 5.29. The number of amides is 1. The Kier molecular flexibility index (Phi) is 4.35. The lowest BCUT2D eigenvalue weighted by Gasteiger charge is -2.16. The third kappa shape index (κ3) is 2.96. The van der Waals surface area contributed by atoms with Crippen LogP contribution in [0.4, 0.5) is 0 Å². The van der Waals surface area contributed by atoms with Crippen LogP contribution in [0.3, 0.4) is 0 Å². The molecule has 0 aromatic rings. The smallest absolute Gasteiger partial charge is 0.240 e. The first-order valence-corrected chi connectivity index (χ1v) is 5.29. The molecule has 0 saturated carbocycles. The van der Waals surface area contributed by atoms with Crippen LogP contribution in [0.1, 0.15) is 27.2 Å². The molecule has 0 radical (unpaired) electrons. The summed E-state index contributed by atoms with van der Waals surface area (Å²) in [6.07, 6.45) is 1.10. The molecule has 1 heterocycles.